The second-order valence-corrected chi connectivity index (χ2v) is 3.89. The van der Waals surface area contributed by atoms with Crippen molar-refractivity contribution in [1.29, 1.82) is 0 Å². The second kappa shape index (κ2) is 9.44. The third kappa shape index (κ3) is 8.48. The molecule has 3 nitrogen and oxygen atoms in total. The highest BCUT2D eigenvalue weighted by Gasteiger charge is 2.06. The summed E-state index contributed by atoms with van der Waals surface area (Å²) in [5, 5.41) is 3.33. The van der Waals surface area contributed by atoms with E-state index in [-0.39, 0.29) is 0 Å². The summed E-state index contributed by atoms with van der Waals surface area (Å²) in [6, 6.07) is 0. The van der Waals surface area contributed by atoms with Crippen molar-refractivity contribution in [3.8, 4) is 0 Å². The van der Waals surface area contributed by atoms with Crippen LogP contribution in [0.5, 0.6) is 0 Å². The zero-order valence-corrected chi connectivity index (χ0v) is 10.2. The van der Waals surface area contributed by atoms with E-state index >= 15 is 0 Å². The van der Waals surface area contributed by atoms with Crippen LogP contribution in [0, 0.1) is 0 Å². The molecule has 0 fully saturated rings. The van der Waals surface area contributed by atoms with Crippen molar-refractivity contribution in [3.63, 3.8) is 0 Å². The Morgan fingerprint density at radius 3 is 2.50 bits per heavy atom. The Labute approximate surface area is 88.8 Å². The van der Waals surface area contributed by atoms with E-state index in [1.165, 1.54) is 6.42 Å². The molecule has 0 amide bonds. The molecule has 0 radical (unpaired) electrons. The van der Waals surface area contributed by atoms with Crippen LogP contribution in [0.3, 0.4) is 0 Å². The Balaban J connectivity index is 3.50. The Morgan fingerprint density at radius 2 is 2.00 bits per heavy atom. The van der Waals surface area contributed by atoms with E-state index in [0.29, 0.717) is 6.10 Å². The quantitative estimate of drug-likeness (QED) is 0.611. The van der Waals surface area contributed by atoms with Gasteiger partial charge in [0.25, 0.3) is 0 Å². The molecular weight excluding hydrogens is 176 g/mol. The lowest BCUT2D eigenvalue weighted by Crippen LogP contribution is -2.31. The molecule has 0 aliphatic heterocycles. The molecule has 0 heterocycles. The average Bonchev–Trinajstić information content (AvgIpc) is 2.13. The van der Waals surface area contributed by atoms with Crippen molar-refractivity contribution < 1.29 is 4.74 Å². The van der Waals surface area contributed by atoms with Gasteiger partial charge in [-0.3, -0.25) is 0 Å². The summed E-state index contributed by atoms with van der Waals surface area (Å²) in [7, 11) is 4.14. The third-order valence-electron chi connectivity index (χ3n) is 2.12. The SMILES string of the molecule is CCCC(CNCC)OCCN(C)C. The van der Waals surface area contributed by atoms with E-state index in [4.69, 9.17) is 4.74 Å². The van der Waals surface area contributed by atoms with Crippen LogP contribution in [0.4, 0.5) is 0 Å². The van der Waals surface area contributed by atoms with Crippen molar-refractivity contribution >= 4 is 0 Å². The molecule has 86 valence electrons. The number of nitrogens with zero attached hydrogens (tertiary/aromatic N) is 1. The first kappa shape index (κ1) is 13.9. The summed E-state index contributed by atoms with van der Waals surface area (Å²) in [5.74, 6) is 0. The minimum absolute atomic E-state index is 0.389. The molecule has 0 bridgehead atoms. The molecule has 0 saturated heterocycles. The lowest BCUT2D eigenvalue weighted by molar-refractivity contribution is 0.0390. The molecule has 0 aliphatic rings. The van der Waals surface area contributed by atoms with Gasteiger partial charge in [0.05, 0.1) is 12.7 Å². The van der Waals surface area contributed by atoms with E-state index in [1.807, 2.05) is 0 Å². The Morgan fingerprint density at radius 1 is 1.29 bits per heavy atom. The average molecular weight is 202 g/mol. The van der Waals surface area contributed by atoms with Gasteiger partial charge < -0.3 is 15.0 Å². The second-order valence-electron chi connectivity index (χ2n) is 3.89. The van der Waals surface area contributed by atoms with Crippen molar-refractivity contribution in [3.05, 3.63) is 0 Å². The van der Waals surface area contributed by atoms with Crippen LogP contribution in [0.15, 0.2) is 0 Å². The van der Waals surface area contributed by atoms with Gasteiger partial charge in [0.2, 0.25) is 0 Å². The zero-order chi connectivity index (χ0) is 10.8. The molecule has 0 aromatic carbocycles. The molecular formula is C11H26N2O. The Hall–Kier alpha value is -0.120. The maximum absolute atomic E-state index is 5.79. The summed E-state index contributed by atoms with van der Waals surface area (Å²) in [5.41, 5.74) is 0. The van der Waals surface area contributed by atoms with Gasteiger partial charge in [0.15, 0.2) is 0 Å². The summed E-state index contributed by atoms with van der Waals surface area (Å²) >= 11 is 0. The maximum atomic E-state index is 5.79. The van der Waals surface area contributed by atoms with Crippen LogP contribution in [-0.2, 0) is 4.74 Å². The predicted molar refractivity (Wildman–Crippen MR) is 61.7 cm³/mol. The molecule has 0 rings (SSSR count). The van der Waals surface area contributed by atoms with Crippen molar-refractivity contribution in [2.24, 2.45) is 0 Å². The van der Waals surface area contributed by atoms with Gasteiger partial charge in [-0.2, -0.15) is 0 Å². The fourth-order valence-corrected chi connectivity index (χ4v) is 1.27. The Kier molecular flexibility index (Phi) is 9.35. The first-order valence-corrected chi connectivity index (χ1v) is 5.67. The maximum Gasteiger partial charge on any atom is 0.0700 e. The van der Waals surface area contributed by atoms with Crippen LogP contribution in [0.1, 0.15) is 26.7 Å². The van der Waals surface area contributed by atoms with E-state index < -0.39 is 0 Å². The molecule has 1 N–H and O–H groups in total. The monoisotopic (exact) mass is 202 g/mol. The molecule has 3 heteroatoms. The molecule has 0 aromatic rings. The minimum atomic E-state index is 0.389. The summed E-state index contributed by atoms with van der Waals surface area (Å²) in [4.78, 5) is 2.15. The molecule has 14 heavy (non-hydrogen) atoms. The fourth-order valence-electron chi connectivity index (χ4n) is 1.27. The molecule has 0 spiro atoms. The van der Waals surface area contributed by atoms with Gasteiger partial charge in [-0.25, -0.2) is 0 Å². The summed E-state index contributed by atoms with van der Waals surface area (Å²) < 4.78 is 5.79. The minimum Gasteiger partial charge on any atom is -0.376 e. The van der Waals surface area contributed by atoms with Gasteiger partial charge in [-0.1, -0.05) is 20.3 Å². The lowest BCUT2D eigenvalue weighted by atomic mass is 10.2. The predicted octanol–water partition coefficient (Wildman–Crippen LogP) is 1.34. The first-order chi connectivity index (χ1) is 6.70. The topological polar surface area (TPSA) is 24.5 Å². The molecule has 0 aliphatic carbocycles. The van der Waals surface area contributed by atoms with E-state index in [9.17, 15) is 0 Å². The standard InChI is InChI=1S/C11H26N2O/c1-5-7-11(10-12-6-2)14-9-8-13(3)4/h11-12H,5-10H2,1-4H3. The van der Waals surface area contributed by atoms with Crippen LogP contribution >= 0.6 is 0 Å². The molecule has 0 aromatic heterocycles. The van der Waals surface area contributed by atoms with Crippen molar-refractivity contribution in [2.45, 2.75) is 32.8 Å². The lowest BCUT2D eigenvalue weighted by Gasteiger charge is -2.19. The number of hydrogen-bond acceptors (Lipinski definition) is 3. The highest BCUT2D eigenvalue weighted by atomic mass is 16.5. The van der Waals surface area contributed by atoms with E-state index in [0.717, 1.165) is 32.7 Å². The van der Waals surface area contributed by atoms with Gasteiger partial charge in [-0.05, 0) is 27.1 Å². The number of hydrogen-bond donors (Lipinski definition) is 1. The number of ether oxygens (including phenoxy) is 1. The van der Waals surface area contributed by atoms with Crippen LogP contribution in [0.25, 0.3) is 0 Å². The van der Waals surface area contributed by atoms with Gasteiger partial charge in [0.1, 0.15) is 0 Å². The number of likely N-dealkylation sites (N-methyl/N-ethyl adjacent to an activating group) is 2. The molecule has 0 saturated carbocycles. The van der Waals surface area contributed by atoms with Crippen LogP contribution in [0.2, 0.25) is 0 Å². The zero-order valence-electron chi connectivity index (χ0n) is 10.2. The summed E-state index contributed by atoms with van der Waals surface area (Å²) in [6.07, 6.45) is 2.73. The number of rotatable bonds is 9. The van der Waals surface area contributed by atoms with E-state index in [1.54, 1.807) is 0 Å². The van der Waals surface area contributed by atoms with Gasteiger partial charge in [0, 0.05) is 13.1 Å². The highest BCUT2D eigenvalue weighted by Crippen LogP contribution is 2.00. The highest BCUT2D eigenvalue weighted by molar-refractivity contribution is 4.60. The van der Waals surface area contributed by atoms with Gasteiger partial charge in [-0.15, -0.1) is 0 Å². The van der Waals surface area contributed by atoms with Crippen molar-refractivity contribution in [2.75, 3.05) is 40.3 Å². The Bertz CT molecular complexity index is 118. The molecule has 1 unspecified atom stereocenters. The normalized spacial score (nSPS) is 13.5. The first-order valence-electron chi connectivity index (χ1n) is 5.67. The van der Waals surface area contributed by atoms with E-state index in [2.05, 4.69) is 38.2 Å². The van der Waals surface area contributed by atoms with Crippen molar-refractivity contribution in [1.82, 2.24) is 10.2 Å². The fraction of sp³-hybridized carbons (Fsp3) is 1.00. The molecule has 1 atom stereocenters. The third-order valence-corrected chi connectivity index (χ3v) is 2.12. The largest absolute Gasteiger partial charge is 0.376 e. The van der Waals surface area contributed by atoms with Crippen LogP contribution < -0.4 is 5.32 Å². The van der Waals surface area contributed by atoms with Crippen LogP contribution in [-0.4, -0.2) is 51.3 Å². The summed E-state index contributed by atoms with van der Waals surface area (Å²) in [6.45, 7) is 8.18. The smallest absolute Gasteiger partial charge is 0.0700 e. The number of nitrogens with one attached hydrogen (secondary N) is 1. The van der Waals surface area contributed by atoms with Gasteiger partial charge >= 0.3 is 0 Å².